The third-order valence-corrected chi connectivity index (χ3v) is 14.4. The van der Waals surface area contributed by atoms with E-state index in [1.807, 2.05) is 21.1 Å². The number of unbranched alkanes of at least 4 members (excludes halogenated alkanes) is 24. The molecular weight excluding hydrogens is 895 g/mol. The monoisotopic (exact) mass is 1010 g/mol. The molecule has 2 saturated heterocycles. The van der Waals surface area contributed by atoms with Crippen LogP contribution in [0.4, 0.5) is 0 Å². The van der Waals surface area contributed by atoms with Gasteiger partial charge in [-0.05, 0) is 70.8 Å². The summed E-state index contributed by atoms with van der Waals surface area (Å²) < 4.78 is 30.2. The average molecular weight is 1010 g/mol. The summed E-state index contributed by atoms with van der Waals surface area (Å²) in [5, 5.41) is 0. The molecule has 12 heteroatoms. The minimum atomic E-state index is -0.183. The van der Waals surface area contributed by atoms with Crippen LogP contribution < -0.4 is 0 Å². The summed E-state index contributed by atoms with van der Waals surface area (Å²) in [5.74, 6) is -0.463. The fourth-order valence-corrected chi connectivity index (χ4v) is 10.1. The number of likely N-dealkylation sites (tertiary alicyclic amines) is 2. The topological polar surface area (TPSA) is 121 Å². The lowest BCUT2D eigenvalue weighted by Crippen LogP contribution is -2.41. The van der Waals surface area contributed by atoms with E-state index in [1.54, 1.807) is 0 Å². The Morgan fingerprint density at radius 3 is 1.61 bits per heavy atom. The van der Waals surface area contributed by atoms with Crippen molar-refractivity contribution < 1.29 is 47.3 Å². The molecule has 12 nitrogen and oxygen atoms in total. The molecule has 0 aromatic rings. The Bertz CT molecular complexity index is 1310. The maximum absolute atomic E-state index is 13.1. The number of quaternary nitrogens is 1. The van der Waals surface area contributed by atoms with Crippen molar-refractivity contribution in [1.82, 2.24) is 9.80 Å². The molecule has 0 aliphatic carbocycles. The zero-order valence-corrected chi connectivity index (χ0v) is 47.1. The van der Waals surface area contributed by atoms with E-state index < -0.39 is 0 Å². The average Bonchev–Trinajstić information content (AvgIpc) is 3.94. The Hall–Kier alpha value is -2.28. The molecule has 0 N–H and O–H groups in total. The molecule has 71 heavy (non-hydrogen) atoms. The van der Waals surface area contributed by atoms with Crippen LogP contribution in [0.1, 0.15) is 252 Å². The molecule has 0 aromatic heterocycles. The van der Waals surface area contributed by atoms with Crippen LogP contribution in [0.15, 0.2) is 0 Å². The summed E-state index contributed by atoms with van der Waals surface area (Å²) in [6.07, 6.45) is 38.8. The third-order valence-electron chi connectivity index (χ3n) is 14.4. The molecule has 1 unspecified atom stereocenters. The SMILES string of the molecule is CCCCCCCCCCCOC(=O)CCCCCN1C[C@@H](OC(=O)CCN2CC[C@H](OC(=O)C[N+](C)(C)C)C2)CC1COCCCCCCCC(=O)OC(CCCCCCCC)CCCCCCCC. The number of carbonyl (C=O) groups excluding carboxylic acids is 4. The normalized spacial score (nSPS) is 17.6. The van der Waals surface area contributed by atoms with Gasteiger partial charge in [-0.25, -0.2) is 4.79 Å². The van der Waals surface area contributed by atoms with Crippen LogP contribution in [-0.4, -0.2) is 143 Å². The molecule has 2 aliphatic heterocycles. The lowest BCUT2D eigenvalue weighted by atomic mass is 10.0. The number of esters is 4. The Labute approximate surface area is 436 Å². The number of carbonyl (C=O) groups is 4. The first-order valence-electron chi connectivity index (χ1n) is 30.0. The molecule has 0 aromatic carbocycles. The second kappa shape index (κ2) is 43.0. The van der Waals surface area contributed by atoms with E-state index in [1.165, 1.54) is 109 Å². The van der Waals surface area contributed by atoms with Gasteiger partial charge < -0.3 is 28.2 Å². The predicted octanol–water partition coefficient (Wildman–Crippen LogP) is 13.1. The number of rotatable bonds is 48. The van der Waals surface area contributed by atoms with Crippen LogP contribution in [0.2, 0.25) is 0 Å². The van der Waals surface area contributed by atoms with E-state index in [0.717, 1.165) is 116 Å². The molecule has 0 bridgehead atoms. The molecule has 416 valence electrons. The maximum Gasteiger partial charge on any atom is 0.362 e. The number of ether oxygens (including phenoxy) is 5. The van der Waals surface area contributed by atoms with Crippen molar-refractivity contribution in [3.63, 3.8) is 0 Å². The van der Waals surface area contributed by atoms with Crippen molar-refractivity contribution in [2.75, 3.05) is 80.2 Å². The first-order valence-corrected chi connectivity index (χ1v) is 30.0. The first-order chi connectivity index (χ1) is 34.4. The Morgan fingerprint density at radius 1 is 0.507 bits per heavy atom. The lowest BCUT2D eigenvalue weighted by Gasteiger charge is -2.23. The minimum Gasteiger partial charge on any atom is -0.466 e. The minimum absolute atomic E-state index is 0.0157. The van der Waals surface area contributed by atoms with Gasteiger partial charge in [0.2, 0.25) is 0 Å². The Kier molecular flexibility index (Phi) is 39.3. The number of likely N-dealkylation sites (N-methyl/N-ethyl adjacent to an activating group) is 1. The molecule has 2 rings (SSSR count). The highest BCUT2D eigenvalue weighted by molar-refractivity contribution is 5.71. The summed E-state index contributed by atoms with van der Waals surface area (Å²) in [4.78, 5) is 55.4. The molecule has 0 amide bonds. The van der Waals surface area contributed by atoms with Crippen LogP contribution in [-0.2, 0) is 42.9 Å². The van der Waals surface area contributed by atoms with Gasteiger partial charge in [-0.2, -0.15) is 0 Å². The number of nitrogens with zero attached hydrogens (tertiary/aromatic N) is 3. The highest BCUT2D eigenvalue weighted by atomic mass is 16.6. The van der Waals surface area contributed by atoms with Crippen molar-refractivity contribution >= 4 is 23.9 Å². The fourth-order valence-electron chi connectivity index (χ4n) is 10.1. The first kappa shape index (κ1) is 64.8. The van der Waals surface area contributed by atoms with Gasteiger partial charge in [-0.15, -0.1) is 0 Å². The largest absolute Gasteiger partial charge is 0.466 e. The highest BCUT2D eigenvalue weighted by Crippen LogP contribution is 2.24. The van der Waals surface area contributed by atoms with Gasteiger partial charge >= 0.3 is 23.9 Å². The van der Waals surface area contributed by atoms with E-state index in [2.05, 4.69) is 30.6 Å². The third kappa shape index (κ3) is 37.2. The van der Waals surface area contributed by atoms with Crippen LogP contribution >= 0.6 is 0 Å². The quantitative estimate of drug-likeness (QED) is 0.0251. The van der Waals surface area contributed by atoms with Gasteiger partial charge in [0.05, 0.1) is 40.8 Å². The second-order valence-electron chi connectivity index (χ2n) is 22.6. The van der Waals surface area contributed by atoms with E-state index in [4.69, 9.17) is 23.7 Å². The van der Waals surface area contributed by atoms with Gasteiger partial charge in [-0.1, -0.05) is 162 Å². The predicted molar refractivity (Wildman–Crippen MR) is 289 cm³/mol. The van der Waals surface area contributed by atoms with Crippen molar-refractivity contribution in [3.05, 3.63) is 0 Å². The summed E-state index contributed by atoms with van der Waals surface area (Å²) in [7, 11) is 5.93. The summed E-state index contributed by atoms with van der Waals surface area (Å²) in [5.41, 5.74) is 0. The van der Waals surface area contributed by atoms with Crippen molar-refractivity contribution in [1.29, 1.82) is 0 Å². The zero-order valence-electron chi connectivity index (χ0n) is 47.1. The molecule has 0 saturated carbocycles. The molecule has 0 radical (unpaired) electrons. The lowest BCUT2D eigenvalue weighted by molar-refractivity contribution is -0.862. The van der Waals surface area contributed by atoms with Crippen molar-refractivity contribution in [2.45, 2.75) is 276 Å². The van der Waals surface area contributed by atoms with Crippen LogP contribution in [0, 0.1) is 0 Å². The van der Waals surface area contributed by atoms with Crippen LogP contribution in [0.5, 0.6) is 0 Å². The molecule has 0 spiro atoms. The van der Waals surface area contributed by atoms with Gasteiger partial charge in [0.1, 0.15) is 18.3 Å². The zero-order chi connectivity index (χ0) is 51.6. The van der Waals surface area contributed by atoms with Gasteiger partial charge in [0, 0.05) is 58.1 Å². The summed E-state index contributed by atoms with van der Waals surface area (Å²) in [6.45, 7) is 12.5. The van der Waals surface area contributed by atoms with Gasteiger partial charge in [0.25, 0.3) is 0 Å². The molecular formula is C59H112N3O9+. The van der Waals surface area contributed by atoms with E-state index in [9.17, 15) is 19.2 Å². The van der Waals surface area contributed by atoms with Crippen molar-refractivity contribution in [2.24, 2.45) is 0 Å². The summed E-state index contributed by atoms with van der Waals surface area (Å²) >= 11 is 0. The Morgan fingerprint density at radius 2 is 1.01 bits per heavy atom. The number of hydrogen-bond donors (Lipinski definition) is 0. The van der Waals surface area contributed by atoms with Crippen LogP contribution in [0.25, 0.3) is 0 Å². The molecule has 2 aliphatic rings. The second-order valence-corrected chi connectivity index (χ2v) is 22.6. The van der Waals surface area contributed by atoms with E-state index in [0.29, 0.717) is 69.7 Å². The fraction of sp³-hybridized carbons (Fsp3) is 0.932. The van der Waals surface area contributed by atoms with E-state index in [-0.39, 0.29) is 48.2 Å². The molecule has 2 heterocycles. The van der Waals surface area contributed by atoms with Gasteiger partial charge in [-0.3, -0.25) is 24.2 Å². The van der Waals surface area contributed by atoms with Crippen LogP contribution in [0.3, 0.4) is 0 Å². The number of hydrogen-bond acceptors (Lipinski definition) is 11. The highest BCUT2D eigenvalue weighted by Gasteiger charge is 2.35. The van der Waals surface area contributed by atoms with Gasteiger partial charge in [0.15, 0.2) is 6.54 Å². The Balaban J connectivity index is 1.72. The molecule has 3 atom stereocenters. The maximum atomic E-state index is 13.1. The summed E-state index contributed by atoms with van der Waals surface area (Å²) in [6, 6.07) is 0.173. The van der Waals surface area contributed by atoms with E-state index >= 15 is 0 Å². The van der Waals surface area contributed by atoms with Crippen molar-refractivity contribution in [3.8, 4) is 0 Å². The smallest absolute Gasteiger partial charge is 0.362 e. The molecule has 2 fully saturated rings. The standard InChI is InChI=1S/C59H112N3O9/c1-7-10-13-16-19-20-21-27-35-46-68-56(63)38-32-28-33-42-61-49-55(71-58(65)41-44-60-43-40-54(48-60)70-59(66)50-62(4,5)6)47-52(61)51-67-45-34-26-22-25-31-39-57(64)69-53(36-29-23-17-14-11-8-2)37-30-24-18-15-12-9-3/h52-55H,7-51H2,1-6H3/q+1/t52?,54-,55-/m0/s1.